The van der Waals surface area contributed by atoms with E-state index in [0.717, 1.165) is 0 Å². The van der Waals surface area contributed by atoms with Crippen LogP contribution in [0, 0.1) is 0 Å². The summed E-state index contributed by atoms with van der Waals surface area (Å²) in [5.74, 6) is -7.30. The van der Waals surface area contributed by atoms with Crippen LogP contribution in [0.5, 0.6) is 0 Å². The minimum absolute atomic E-state index is 0. The van der Waals surface area contributed by atoms with Gasteiger partial charge in [-0.25, -0.2) is 19.2 Å². The van der Waals surface area contributed by atoms with Crippen molar-refractivity contribution in [2.45, 2.75) is 0 Å². The SMILES string of the molecule is O=C(O)C(=O)O.O=C(O)C(=O)O.[Co].[Mn]. The Hall–Kier alpha value is -1.09. The molecular formula is C4H4CoMnO8. The molecule has 0 saturated carbocycles. The van der Waals surface area contributed by atoms with E-state index >= 15 is 0 Å². The first-order valence-corrected chi connectivity index (χ1v) is 2.21. The average molecular weight is 294 g/mol. The number of aliphatic carboxylic acids is 4. The van der Waals surface area contributed by atoms with Gasteiger partial charge in [-0.05, 0) is 0 Å². The number of hydrogen-bond acceptors (Lipinski definition) is 4. The molecule has 0 aliphatic carbocycles. The molecule has 14 heavy (non-hydrogen) atoms. The second-order valence-electron chi connectivity index (χ2n) is 1.22. The van der Waals surface area contributed by atoms with Crippen molar-refractivity contribution in [1.29, 1.82) is 0 Å². The standard InChI is InChI=1S/2C2H2O4.Co.Mn/c2*3-1(4)2(5)6;;/h2*(H,3,4)(H,5,6);;. The minimum Gasteiger partial charge on any atom is -0.473 e. The van der Waals surface area contributed by atoms with Gasteiger partial charge in [-0.2, -0.15) is 0 Å². The summed E-state index contributed by atoms with van der Waals surface area (Å²) < 4.78 is 0. The summed E-state index contributed by atoms with van der Waals surface area (Å²) in [6, 6.07) is 0. The Morgan fingerprint density at radius 1 is 0.571 bits per heavy atom. The monoisotopic (exact) mass is 294 g/mol. The van der Waals surface area contributed by atoms with Crippen molar-refractivity contribution in [3.63, 3.8) is 0 Å². The van der Waals surface area contributed by atoms with E-state index in [4.69, 9.17) is 39.6 Å². The maximum Gasteiger partial charge on any atom is 0.414 e. The van der Waals surface area contributed by atoms with Crippen molar-refractivity contribution >= 4 is 23.9 Å². The van der Waals surface area contributed by atoms with Gasteiger partial charge >= 0.3 is 23.9 Å². The summed E-state index contributed by atoms with van der Waals surface area (Å²) in [5, 5.41) is 29.6. The molecule has 0 heterocycles. The molecule has 2 radical (unpaired) electrons. The number of hydrogen-bond donors (Lipinski definition) is 4. The van der Waals surface area contributed by atoms with Gasteiger partial charge in [-0.1, -0.05) is 0 Å². The summed E-state index contributed by atoms with van der Waals surface area (Å²) in [6.45, 7) is 0. The normalized spacial score (nSPS) is 6.29. The van der Waals surface area contributed by atoms with Gasteiger partial charge in [0.2, 0.25) is 0 Å². The van der Waals surface area contributed by atoms with Crippen molar-refractivity contribution < 1.29 is 73.5 Å². The van der Waals surface area contributed by atoms with E-state index in [1.54, 1.807) is 0 Å². The molecule has 84 valence electrons. The van der Waals surface area contributed by atoms with E-state index in [1.165, 1.54) is 0 Å². The average Bonchev–Trinajstić information content (AvgIpc) is 1.88. The van der Waals surface area contributed by atoms with Crippen molar-refractivity contribution in [2.75, 3.05) is 0 Å². The molecule has 0 bridgehead atoms. The second kappa shape index (κ2) is 11.9. The molecule has 0 amide bonds. The van der Waals surface area contributed by atoms with Crippen LogP contribution in [0.2, 0.25) is 0 Å². The fourth-order valence-electron chi connectivity index (χ4n) is 0. The molecule has 0 aliphatic rings. The first-order chi connectivity index (χ1) is 5.29. The largest absolute Gasteiger partial charge is 0.473 e. The Morgan fingerprint density at radius 2 is 0.643 bits per heavy atom. The van der Waals surface area contributed by atoms with E-state index in [-0.39, 0.29) is 33.8 Å². The van der Waals surface area contributed by atoms with E-state index in [1.807, 2.05) is 0 Å². The fraction of sp³-hybridized carbons (Fsp3) is 0. The number of carboxylic acid groups (broad SMARTS) is 4. The van der Waals surface area contributed by atoms with Crippen molar-refractivity contribution in [1.82, 2.24) is 0 Å². The fourth-order valence-corrected chi connectivity index (χ4v) is 0. The molecule has 0 fully saturated rings. The topological polar surface area (TPSA) is 149 Å². The Bertz CT molecular complexity index is 177. The second-order valence-corrected chi connectivity index (χ2v) is 1.22. The van der Waals surface area contributed by atoms with Crippen LogP contribution in [0.4, 0.5) is 0 Å². The number of rotatable bonds is 0. The van der Waals surface area contributed by atoms with Gasteiger partial charge < -0.3 is 20.4 Å². The van der Waals surface area contributed by atoms with Crippen LogP contribution in [0.15, 0.2) is 0 Å². The summed E-state index contributed by atoms with van der Waals surface area (Å²) in [5.41, 5.74) is 0. The molecule has 10 heteroatoms. The summed E-state index contributed by atoms with van der Waals surface area (Å²) in [4.78, 5) is 36.4. The Labute approximate surface area is 97.6 Å². The zero-order chi connectivity index (χ0) is 10.3. The van der Waals surface area contributed by atoms with Crippen LogP contribution in [0.3, 0.4) is 0 Å². The first-order valence-electron chi connectivity index (χ1n) is 2.21. The molecule has 0 spiro atoms. The summed E-state index contributed by atoms with van der Waals surface area (Å²) >= 11 is 0. The van der Waals surface area contributed by atoms with Crippen LogP contribution in [-0.4, -0.2) is 44.3 Å². The smallest absolute Gasteiger partial charge is 0.414 e. The molecule has 0 aromatic rings. The summed E-state index contributed by atoms with van der Waals surface area (Å²) in [7, 11) is 0. The Balaban J connectivity index is -0.0000000625. The van der Waals surface area contributed by atoms with E-state index < -0.39 is 23.9 Å². The first kappa shape index (κ1) is 23.1. The van der Waals surface area contributed by atoms with Crippen LogP contribution >= 0.6 is 0 Å². The van der Waals surface area contributed by atoms with Gasteiger partial charge in [0.05, 0.1) is 0 Å². The molecule has 8 nitrogen and oxygen atoms in total. The molecule has 0 rings (SSSR count). The van der Waals surface area contributed by atoms with E-state index in [9.17, 15) is 0 Å². The van der Waals surface area contributed by atoms with Gasteiger partial charge in [-0.3, -0.25) is 0 Å². The van der Waals surface area contributed by atoms with Crippen LogP contribution in [-0.2, 0) is 53.0 Å². The Kier molecular flexibility index (Phi) is 19.6. The van der Waals surface area contributed by atoms with Gasteiger partial charge in [0.25, 0.3) is 0 Å². The zero-order valence-electron chi connectivity index (χ0n) is 6.13. The van der Waals surface area contributed by atoms with Crippen LogP contribution < -0.4 is 0 Å². The molecule has 0 saturated heterocycles. The van der Waals surface area contributed by atoms with Crippen LogP contribution in [0.25, 0.3) is 0 Å². The molecule has 0 aromatic carbocycles. The Morgan fingerprint density at radius 3 is 0.643 bits per heavy atom. The molecule has 0 unspecified atom stereocenters. The van der Waals surface area contributed by atoms with Gasteiger partial charge in [0, 0.05) is 33.8 Å². The van der Waals surface area contributed by atoms with Crippen molar-refractivity contribution in [2.24, 2.45) is 0 Å². The molecular weight excluding hydrogens is 290 g/mol. The predicted octanol–water partition coefficient (Wildman–Crippen LogP) is -1.69. The number of carboxylic acids is 4. The predicted molar refractivity (Wildman–Crippen MR) is 30.5 cm³/mol. The third kappa shape index (κ3) is 22.4. The van der Waals surface area contributed by atoms with Crippen LogP contribution in [0.1, 0.15) is 0 Å². The zero-order valence-corrected chi connectivity index (χ0v) is 8.35. The van der Waals surface area contributed by atoms with Crippen molar-refractivity contribution in [3.05, 3.63) is 0 Å². The minimum atomic E-state index is -1.82. The maximum atomic E-state index is 9.10. The summed E-state index contributed by atoms with van der Waals surface area (Å²) in [6.07, 6.45) is 0. The third-order valence-corrected chi connectivity index (χ3v) is 0.366. The van der Waals surface area contributed by atoms with Gasteiger partial charge in [0.15, 0.2) is 0 Å². The van der Waals surface area contributed by atoms with Gasteiger partial charge in [0.1, 0.15) is 0 Å². The molecule has 0 aliphatic heterocycles. The maximum absolute atomic E-state index is 9.10. The molecule has 0 aromatic heterocycles. The quantitative estimate of drug-likeness (QED) is 0.305. The van der Waals surface area contributed by atoms with E-state index in [0.29, 0.717) is 0 Å². The van der Waals surface area contributed by atoms with Crippen molar-refractivity contribution in [3.8, 4) is 0 Å². The molecule has 4 N–H and O–H groups in total. The van der Waals surface area contributed by atoms with E-state index in [2.05, 4.69) is 0 Å². The van der Waals surface area contributed by atoms with Gasteiger partial charge in [-0.15, -0.1) is 0 Å². The molecule has 0 atom stereocenters. The third-order valence-electron chi connectivity index (χ3n) is 0.366. The number of carbonyl (C=O) groups is 4.